The summed E-state index contributed by atoms with van der Waals surface area (Å²) in [4.78, 5) is 22.3. The first kappa shape index (κ1) is 15.8. The van der Waals surface area contributed by atoms with Gasteiger partial charge in [0.15, 0.2) is 0 Å². The summed E-state index contributed by atoms with van der Waals surface area (Å²) in [6.45, 7) is 1.83. The maximum absolute atomic E-state index is 11.2. The zero-order valence-electron chi connectivity index (χ0n) is 11.8. The lowest BCUT2D eigenvalue weighted by atomic mass is 10.1. The first-order valence-electron chi connectivity index (χ1n) is 6.17. The summed E-state index contributed by atoms with van der Waals surface area (Å²) in [5.41, 5.74) is 0.852. The number of methoxy groups -OCH3 is 2. The Labute approximate surface area is 117 Å². The van der Waals surface area contributed by atoms with E-state index in [9.17, 15) is 9.59 Å². The molecule has 0 radical (unpaired) electrons. The Morgan fingerprint density at radius 3 is 2.35 bits per heavy atom. The van der Waals surface area contributed by atoms with Gasteiger partial charge in [0.1, 0.15) is 11.5 Å². The standard InChI is InChI=1S/C14H18O6/c1-4-19-13(15)14(16)20-8-7-10-5-6-11(17-2)9-12(10)18-3/h5-6,9H,4,7-8H2,1-3H3. The molecule has 0 spiro atoms. The molecule has 0 aliphatic rings. The van der Waals surface area contributed by atoms with Crippen molar-refractivity contribution in [3.63, 3.8) is 0 Å². The van der Waals surface area contributed by atoms with Gasteiger partial charge in [-0.1, -0.05) is 6.07 Å². The third-order valence-electron chi connectivity index (χ3n) is 2.54. The number of benzene rings is 1. The second-order valence-corrected chi connectivity index (χ2v) is 3.78. The van der Waals surface area contributed by atoms with Crippen LogP contribution >= 0.6 is 0 Å². The van der Waals surface area contributed by atoms with Crippen LogP contribution in [0.4, 0.5) is 0 Å². The third-order valence-corrected chi connectivity index (χ3v) is 2.54. The number of hydrogen-bond donors (Lipinski definition) is 0. The minimum absolute atomic E-state index is 0.0698. The van der Waals surface area contributed by atoms with E-state index in [1.54, 1.807) is 33.3 Å². The molecule has 0 aromatic heterocycles. The van der Waals surface area contributed by atoms with Gasteiger partial charge in [-0.2, -0.15) is 0 Å². The van der Waals surface area contributed by atoms with Gasteiger partial charge in [0, 0.05) is 12.5 Å². The lowest BCUT2D eigenvalue weighted by molar-refractivity contribution is -0.167. The first-order valence-corrected chi connectivity index (χ1v) is 6.17. The molecular formula is C14H18O6. The van der Waals surface area contributed by atoms with Crippen LogP contribution in [0.25, 0.3) is 0 Å². The fourth-order valence-corrected chi connectivity index (χ4v) is 1.56. The number of carbonyl (C=O) groups excluding carboxylic acids is 2. The van der Waals surface area contributed by atoms with Gasteiger partial charge < -0.3 is 18.9 Å². The largest absolute Gasteiger partial charge is 0.497 e. The van der Waals surface area contributed by atoms with Gasteiger partial charge >= 0.3 is 11.9 Å². The Morgan fingerprint density at radius 1 is 1.05 bits per heavy atom. The molecule has 0 heterocycles. The molecule has 0 bridgehead atoms. The van der Waals surface area contributed by atoms with E-state index in [1.165, 1.54) is 0 Å². The fraction of sp³-hybridized carbons (Fsp3) is 0.429. The van der Waals surface area contributed by atoms with Gasteiger partial charge in [0.25, 0.3) is 0 Å². The summed E-state index contributed by atoms with van der Waals surface area (Å²) in [5, 5.41) is 0. The van der Waals surface area contributed by atoms with E-state index in [2.05, 4.69) is 4.74 Å². The van der Waals surface area contributed by atoms with Crippen molar-refractivity contribution in [2.24, 2.45) is 0 Å². The molecule has 1 rings (SSSR count). The van der Waals surface area contributed by atoms with Crippen LogP contribution in [0.1, 0.15) is 12.5 Å². The molecule has 0 saturated heterocycles. The SMILES string of the molecule is CCOC(=O)C(=O)OCCc1ccc(OC)cc1OC. The van der Waals surface area contributed by atoms with E-state index in [1.807, 2.05) is 6.07 Å². The van der Waals surface area contributed by atoms with Crippen molar-refractivity contribution in [3.05, 3.63) is 23.8 Å². The van der Waals surface area contributed by atoms with Gasteiger partial charge in [0.2, 0.25) is 0 Å². The maximum atomic E-state index is 11.2. The molecule has 0 saturated carbocycles. The third kappa shape index (κ3) is 4.46. The van der Waals surface area contributed by atoms with Gasteiger partial charge in [-0.05, 0) is 18.6 Å². The van der Waals surface area contributed by atoms with Crippen LogP contribution in [-0.2, 0) is 25.5 Å². The number of rotatable bonds is 6. The molecule has 0 aliphatic heterocycles. The minimum atomic E-state index is -0.987. The van der Waals surface area contributed by atoms with E-state index >= 15 is 0 Å². The molecule has 110 valence electrons. The van der Waals surface area contributed by atoms with Crippen LogP contribution in [0, 0.1) is 0 Å². The molecule has 0 atom stereocenters. The Morgan fingerprint density at radius 2 is 1.75 bits per heavy atom. The van der Waals surface area contributed by atoms with E-state index in [0.29, 0.717) is 17.9 Å². The molecule has 0 unspecified atom stereocenters. The summed E-state index contributed by atoms with van der Waals surface area (Å²) < 4.78 is 19.6. The number of hydrogen-bond acceptors (Lipinski definition) is 6. The summed E-state index contributed by atoms with van der Waals surface area (Å²) in [7, 11) is 3.11. The van der Waals surface area contributed by atoms with Crippen LogP contribution in [0.3, 0.4) is 0 Å². The zero-order chi connectivity index (χ0) is 15.0. The van der Waals surface area contributed by atoms with Crippen molar-refractivity contribution in [2.45, 2.75) is 13.3 Å². The highest BCUT2D eigenvalue weighted by molar-refractivity contribution is 6.29. The van der Waals surface area contributed by atoms with Crippen molar-refractivity contribution in [3.8, 4) is 11.5 Å². The van der Waals surface area contributed by atoms with Crippen molar-refractivity contribution in [2.75, 3.05) is 27.4 Å². The van der Waals surface area contributed by atoms with Gasteiger partial charge in [-0.15, -0.1) is 0 Å². The van der Waals surface area contributed by atoms with Crippen molar-refractivity contribution < 1.29 is 28.5 Å². The van der Waals surface area contributed by atoms with E-state index in [-0.39, 0.29) is 13.2 Å². The van der Waals surface area contributed by atoms with Crippen LogP contribution in [0.5, 0.6) is 11.5 Å². The number of esters is 2. The molecule has 6 nitrogen and oxygen atoms in total. The summed E-state index contributed by atoms with van der Waals surface area (Å²) >= 11 is 0. The van der Waals surface area contributed by atoms with Crippen molar-refractivity contribution in [1.29, 1.82) is 0 Å². The fourth-order valence-electron chi connectivity index (χ4n) is 1.56. The van der Waals surface area contributed by atoms with Crippen LogP contribution < -0.4 is 9.47 Å². The van der Waals surface area contributed by atoms with E-state index in [0.717, 1.165) is 5.56 Å². The van der Waals surface area contributed by atoms with Gasteiger partial charge in [-0.3, -0.25) is 0 Å². The second kappa shape index (κ2) is 8.04. The highest BCUT2D eigenvalue weighted by atomic mass is 16.6. The predicted molar refractivity (Wildman–Crippen MR) is 70.8 cm³/mol. The Balaban J connectivity index is 2.53. The predicted octanol–water partition coefficient (Wildman–Crippen LogP) is 1.35. The van der Waals surface area contributed by atoms with E-state index < -0.39 is 11.9 Å². The molecule has 6 heteroatoms. The zero-order valence-corrected chi connectivity index (χ0v) is 11.8. The monoisotopic (exact) mass is 282 g/mol. The lowest BCUT2D eigenvalue weighted by Gasteiger charge is -2.10. The molecule has 0 aliphatic carbocycles. The van der Waals surface area contributed by atoms with Gasteiger partial charge in [0.05, 0.1) is 27.4 Å². The normalized spacial score (nSPS) is 9.75. The lowest BCUT2D eigenvalue weighted by Crippen LogP contribution is -2.21. The summed E-state index contributed by atoms with van der Waals surface area (Å²) in [6, 6.07) is 5.34. The Kier molecular flexibility index (Phi) is 6.36. The molecule has 1 aromatic carbocycles. The quantitative estimate of drug-likeness (QED) is 0.579. The van der Waals surface area contributed by atoms with E-state index in [4.69, 9.17) is 14.2 Å². The van der Waals surface area contributed by atoms with Gasteiger partial charge in [-0.25, -0.2) is 9.59 Å². The molecule has 0 amide bonds. The maximum Gasteiger partial charge on any atom is 0.417 e. The number of ether oxygens (including phenoxy) is 4. The summed E-state index contributed by atoms with van der Waals surface area (Å²) in [6.07, 6.45) is 0.429. The average molecular weight is 282 g/mol. The molecular weight excluding hydrogens is 264 g/mol. The minimum Gasteiger partial charge on any atom is -0.497 e. The first-order chi connectivity index (χ1) is 9.62. The second-order valence-electron chi connectivity index (χ2n) is 3.78. The Bertz CT molecular complexity index is 469. The Hall–Kier alpha value is -2.24. The van der Waals surface area contributed by atoms with Crippen LogP contribution in [0.15, 0.2) is 18.2 Å². The molecule has 0 fully saturated rings. The molecule has 1 aromatic rings. The van der Waals surface area contributed by atoms with Crippen LogP contribution in [-0.4, -0.2) is 39.4 Å². The highest BCUT2D eigenvalue weighted by Gasteiger charge is 2.16. The molecule has 20 heavy (non-hydrogen) atoms. The molecule has 0 N–H and O–H groups in total. The van der Waals surface area contributed by atoms with Crippen molar-refractivity contribution >= 4 is 11.9 Å². The van der Waals surface area contributed by atoms with Crippen molar-refractivity contribution in [1.82, 2.24) is 0 Å². The summed E-state index contributed by atoms with van der Waals surface area (Å²) in [5.74, 6) is -0.654. The topological polar surface area (TPSA) is 71.1 Å². The van der Waals surface area contributed by atoms with Crippen LogP contribution in [0.2, 0.25) is 0 Å². The number of carbonyl (C=O) groups is 2. The smallest absolute Gasteiger partial charge is 0.417 e. The average Bonchev–Trinajstić information content (AvgIpc) is 2.47. The highest BCUT2D eigenvalue weighted by Crippen LogP contribution is 2.24.